The molecule has 2 rings (SSSR count). The van der Waals surface area contributed by atoms with E-state index < -0.39 is 0 Å². The summed E-state index contributed by atoms with van der Waals surface area (Å²) in [5.74, 6) is 0.800. The molecular weight excluding hydrogens is 229 g/mol. The van der Waals surface area contributed by atoms with Gasteiger partial charge in [-0.1, -0.05) is 20.3 Å². The topological polar surface area (TPSA) is 32.3 Å². The van der Waals surface area contributed by atoms with Gasteiger partial charge in [-0.3, -0.25) is 0 Å². The van der Waals surface area contributed by atoms with E-state index in [-0.39, 0.29) is 18.0 Å². The standard InChI is InChI=1S/C15H22FNO/c1-11-3-4-12(2)15(9-11,10-18)17-14-7-5-13(16)6-8-14/h5-8,11-12,17-18H,3-4,9-10H2,1-2H3. The van der Waals surface area contributed by atoms with Gasteiger partial charge in [-0.05, 0) is 48.9 Å². The van der Waals surface area contributed by atoms with Gasteiger partial charge in [0.2, 0.25) is 0 Å². The largest absolute Gasteiger partial charge is 0.394 e. The van der Waals surface area contributed by atoms with E-state index in [0.29, 0.717) is 11.8 Å². The van der Waals surface area contributed by atoms with Gasteiger partial charge in [0.15, 0.2) is 0 Å². The maximum Gasteiger partial charge on any atom is 0.123 e. The fourth-order valence-corrected chi connectivity index (χ4v) is 2.99. The number of anilines is 1. The maximum absolute atomic E-state index is 12.9. The first-order valence-electron chi connectivity index (χ1n) is 6.70. The summed E-state index contributed by atoms with van der Waals surface area (Å²) in [6.07, 6.45) is 3.30. The van der Waals surface area contributed by atoms with Crippen molar-refractivity contribution < 1.29 is 9.50 Å². The first-order valence-corrected chi connectivity index (χ1v) is 6.70. The van der Waals surface area contributed by atoms with E-state index in [9.17, 15) is 9.50 Å². The molecule has 1 aromatic carbocycles. The third kappa shape index (κ3) is 2.66. The zero-order valence-electron chi connectivity index (χ0n) is 11.1. The van der Waals surface area contributed by atoms with Crippen LogP contribution in [0.15, 0.2) is 24.3 Å². The second-order valence-electron chi connectivity index (χ2n) is 5.73. The maximum atomic E-state index is 12.9. The minimum absolute atomic E-state index is 0.121. The Balaban J connectivity index is 2.18. The Morgan fingerprint density at radius 2 is 1.94 bits per heavy atom. The first kappa shape index (κ1) is 13.3. The summed E-state index contributed by atoms with van der Waals surface area (Å²) in [5.41, 5.74) is 0.613. The number of rotatable bonds is 3. The van der Waals surface area contributed by atoms with Crippen LogP contribution >= 0.6 is 0 Å². The van der Waals surface area contributed by atoms with Crippen molar-refractivity contribution in [1.82, 2.24) is 0 Å². The zero-order chi connectivity index (χ0) is 13.2. The molecule has 3 heteroatoms. The molecule has 0 spiro atoms. The van der Waals surface area contributed by atoms with Crippen LogP contribution in [0.1, 0.15) is 33.1 Å². The van der Waals surface area contributed by atoms with Crippen LogP contribution in [0, 0.1) is 17.7 Å². The number of hydrogen-bond acceptors (Lipinski definition) is 2. The summed E-state index contributed by atoms with van der Waals surface area (Å²) in [7, 11) is 0. The molecule has 1 aromatic rings. The van der Waals surface area contributed by atoms with E-state index in [1.54, 1.807) is 12.1 Å². The van der Waals surface area contributed by atoms with Crippen molar-refractivity contribution in [1.29, 1.82) is 0 Å². The molecule has 0 aromatic heterocycles. The Labute approximate surface area is 108 Å². The van der Waals surface area contributed by atoms with E-state index in [1.807, 2.05) is 0 Å². The second-order valence-corrected chi connectivity index (χ2v) is 5.73. The van der Waals surface area contributed by atoms with Crippen LogP contribution < -0.4 is 5.32 Å². The highest BCUT2D eigenvalue weighted by atomic mass is 19.1. The Morgan fingerprint density at radius 3 is 2.56 bits per heavy atom. The molecular formula is C15H22FNO. The zero-order valence-corrected chi connectivity index (χ0v) is 11.1. The van der Waals surface area contributed by atoms with E-state index >= 15 is 0 Å². The number of hydrogen-bond donors (Lipinski definition) is 2. The number of halogens is 1. The number of nitrogens with one attached hydrogen (secondary N) is 1. The van der Waals surface area contributed by atoms with E-state index in [1.165, 1.54) is 18.6 Å². The van der Waals surface area contributed by atoms with Crippen molar-refractivity contribution in [3.8, 4) is 0 Å². The quantitative estimate of drug-likeness (QED) is 0.862. The van der Waals surface area contributed by atoms with Gasteiger partial charge in [-0.2, -0.15) is 0 Å². The summed E-state index contributed by atoms with van der Waals surface area (Å²) in [6.45, 7) is 4.52. The summed E-state index contributed by atoms with van der Waals surface area (Å²) in [6, 6.07) is 6.37. The molecule has 1 saturated carbocycles. The highest BCUT2D eigenvalue weighted by molar-refractivity contribution is 5.46. The normalized spacial score (nSPS) is 32.2. The highest BCUT2D eigenvalue weighted by Crippen LogP contribution is 2.39. The van der Waals surface area contributed by atoms with Gasteiger partial charge in [0.05, 0.1) is 12.1 Å². The molecule has 0 aliphatic heterocycles. The lowest BCUT2D eigenvalue weighted by atomic mass is 9.70. The number of aliphatic hydroxyl groups excluding tert-OH is 1. The van der Waals surface area contributed by atoms with Crippen LogP contribution in [0.5, 0.6) is 0 Å². The highest BCUT2D eigenvalue weighted by Gasteiger charge is 2.40. The predicted molar refractivity (Wildman–Crippen MR) is 72.0 cm³/mol. The average Bonchev–Trinajstić information content (AvgIpc) is 2.37. The SMILES string of the molecule is CC1CCC(C)C(CO)(Nc2ccc(F)cc2)C1. The van der Waals surface area contributed by atoms with Crippen molar-refractivity contribution in [2.24, 2.45) is 11.8 Å². The summed E-state index contributed by atoms with van der Waals surface area (Å²) >= 11 is 0. The smallest absolute Gasteiger partial charge is 0.123 e. The molecule has 0 saturated heterocycles. The van der Waals surface area contributed by atoms with Crippen molar-refractivity contribution in [3.05, 3.63) is 30.1 Å². The van der Waals surface area contributed by atoms with Gasteiger partial charge < -0.3 is 10.4 Å². The number of benzene rings is 1. The lowest BCUT2D eigenvalue weighted by Crippen LogP contribution is -2.51. The molecule has 1 aliphatic rings. The molecule has 1 aliphatic carbocycles. The van der Waals surface area contributed by atoms with Crippen LogP contribution in [0.2, 0.25) is 0 Å². The lowest BCUT2D eigenvalue weighted by Gasteiger charge is -2.45. The van der Waals surface area contributed by atoms with Crippen molar-refractivity contribution >= 4 is 5.69 Å². The Hall–Kier alpha value is -1.09. The Morgan fingerprint density at radius 1 is 1.28 bits per heavy atom. The second kappa shape index (κ2) is 5.27. The monoisotopic (exact) mass is 251 g/mol. The van der Waals surface area contributed by atoms with Gasteiger partial charge in [0.1, 0.15) is 5.82 Å². The van der Waals surface area contributed by atoms with Crippen LogP contribution in [-0.2, 0) is 0 Å². The van der Waals surface area contributed by atoms with Crippen LogP contribution in [0.3, 0.4) is 0 Å². The van der Waals surface area contributed by atoms with E-state index in [4.69, 9.17) is 0 Å². The summed E-state index contributed by atoms with van der Waals surface area (Å²) < 4.78 is 12.9. The molecule has 3 atom stereocenters. The minimum atomic E-state index is -0.268. The van der Waals surface area contributed by atoms with E-state index in [2.05, 4.69) is 19.2 Å². The minimum Gasteiger partial charge on any atom is -0.394 e. The molecule has 0 amide bonds. The molecule has 1 fully saturated rings. The molecule has 0 bridgehead atoms. The van der Waals surface area contributed by atoms with Gasteiger partial charge >= 0.3 is 0 Å². The van der Waals surface area contributed by atoms with Crippen molar-refractivity contribution in [2.45, 2.75) is 38.6 Å². The van der Waals surface area contributed by atoms with Gasteiger partial charge in [-0.15, -0.1) is 0 Å². The molecule has 3 unspecified atom stereocenters. The average molecular weight is 251 g/mol. The molecule has 0 radical (unpaired) electrons. The summed E-state index contributed by atoms with van der Waals surface area (Å²) in [4.78, 5) is 0. The van der Waals surface area contributed by atoms with Gasteiger partial charge in [0.25, 0.3) is 0 Å². The van der Waals surface area contributed by atoms with Gasteiger partial charge in [0, 0.05) is 5.69 Å². The van der Waals surface area contributed by atoms with Crippen LogP contribution in [0.25, 0.3) is 0 Å². The van der Waals surface area contributed by atoms with Crippen molar-refractivity contribution in [3.63, 3.8) is 0 Å². The fraction of sp³-hybridized carbons (Fsp3) is 0.600. The summed E-state index contributed by atoms with van der Waals surface area (Å²) in [5, 5.41) is 13.2. The molecule has 0 heterocycles. The Kier molecular flexibility index (Phi) is 3.91. The third-order valence-corrected chi connectivity index (χ3v) is 4.27. The molecule has 18 heavy (non-hydrogen) atoms. The molecule has 2 N–H and O–H groups in total. The van der Waals surface area contributed by atoms with Crippen LogP contribution in [0.4, 0.5) is 10.1 Å². The van der Waals surface area contributed by atoms with Crippen LogP contribution in [-0.4, -0.2) is 17.3 Å². The molecule has 2 nitrogen and oxygen atoms in total. The van der Waals surface area contributed by atoms with Crippen molar-refractivity contribution in [2.75, 3.05) is 11.9 Å². The lowest BCUT2D eigenvalue weighted by molar-refractivity contribution is 0.103. The third-order valence-electron chi connectivity index (χ3n) is 4.27. The predicted octanol–water partition coefficient (Wildman–Crippen LogP) is 3.42. The van der Waals surface area contributed by atoms with E-state index in [0.717, 1.165) is 18.5 Å². The fourth-order valence-electron chi connectivity index (χ4n) is 2.99. The Bertz CT molecular complexity index is 392. The molecule has 100 valence electrons. The van der Waals surface area contributed by atoms with Gasteiger partial charge in [-0.25, -0.2) is 4.39 Å². The number of aliphatic hydroxyl groups is 1. The first-order chi connectivity index (χ1) is 8.55.